The van der Waals surface area contributed by atoms with Crippen LogP contribution in [0.15, 0.2) is 48.5 Å². The molecule has 0 fully saturated rings. The van der Waals surface area contributed by atoms with Crippen molar-refractivity contribution in [2.45, 2.75) is 26.8 Å². The molecule has 0 aliphatic carbocycles. The molecule has 0 unspecified atom stereocenters. The number of benzene rings is 2. The summed E-state index contributed by atoms with van der Waals surface area (Å²) in [5, 5.41) is 3.42. The second kappa shape index (κ2) is 6.83. The second-order valence-corrected chi connectivity index (χ2v) is 4.72. The molecule has 1 N–H and O–H groups in total. The lowest BCUT2D eigenvalue weighted by Crippen LogP contribution is -2.00. The number of aryl methyl sites for hydroxylation is 1. The van der Waals surface area contributed by atoms with Crippen molar-refractivity contribution in [3.8, 4) is 5.75 Å². The predicted octanol–water partition coefficient (Wildman–Crippen LogP) is 4.40. The zero-order chi connectivity index (χ0) is 13.5. The summed E-state index contributed by atoms with van der Waals surface area (Å²) in [6.07, 6.45) is 1.04. The second-order valence-electron chi connectivity index (χ2n) is 4.72. The summed E-state index contributed by atoms with van der Waals surface area (Å²) in [4.78, 5) is 0. The van der Waals surface area contributed by atoms with Gasteiger partial charge in [0.15, 0.2) is 0 Å². The fourth-order valence-electron chi connectivity index (χ4n) is 1.88. The van der Waals surface area contributed by atoms with Crippen LogP contribution in [0.25, 0.3) is 0 Å². The third-order valence-corrected chi connectivity index (χ3v) is 2.91. The molecule has 0 heterocycles. The minimum Gasteiger partial charge on any atom is -0.494 e. The summed E-state index contributed by atoms with van der Waals surface area (Å²) in [6, 6.07) is 16.7. The maximum Gasteiger partial charge on any atom is 0.119 e. The van der Waals surface area contributed by atoms with Crippen LogP contribution in [0.2, 0.25) is 0 Å². The van der Waals surface area contributed by atoms with Crippen molar-refractivity contribution in [3.05, 3.63) is 59.7 Å². The van der Waals surface area contributed by atoms with Crippen molar-refractivity contribution < 1.29 is 4.74 Å². The molecule has 0 bridgehead atoms. The van der Waals surface area contributed by atoms with Crippen molar-refractivity contribution in [2.24, 2.45) is 0 Å². The topological polar surface area (TPSA) is 21.3 Å². The number of rotatable bonds is 6. The quantitative estimate of drug-likeness (QED) is 0.826. The summed E-state index contributed by atoms with van der Waals surface area (Å²) in [7, 11) is 0. The van der Waals surface area contributed by atoms with Gasteiger partial charge in [-0.2, -0.15) is 0 Å². The van der Waals surface area contributed by atoms with E-state index < -0.39 is 0 Å². The van der Waals surface area contributed by atoms with E-state index in [0.29, 0.717) is 0 Å². The smallest absolute Gasteiger partial charge is 0.119 e. The van der Waals surface area contributed by atoms with Crippen LogP contribution in [0.5, 0.6) is 5.75 Å². The van der Waals surface area contributed by atoms with E-state index in [-0.39, 0.29) is 0 Å². The van der Waals surface area contributed by atoms with E-state index in [4.69, 9.17) is 4.74 Å². The number of hydrogen-bond donors (Lipinski definition) is 1. The SMILES string of the molecule is CCCOc1ccc(CNc2cccc(C)c2)cc1. The molecule has 2 heteroatoms. The highest BCUT2D eigenvalue weighted by molar-refractivity contribution is 5.46. The van der Waals surface area contributed by atoms with Gasteiger partial charge in [-0.3, -0.25) is 0 Å². The standard InChI is InChI=1S/C17H21NO/c1-3-11-19-17-9-7-15(8-10-17)13-18-16-6-4-5-14(2)12-16/h4-10,12,18H,3,11,13H2,1-2H3. The van der Waals surface area contributed by atoms with Gasteiger partial charge in [0.1, 0.15) is 5.75 Å². The molecule has 0 saturated carbocycles. The van der Waals surface area contributed by atoms with Crippen LogP contribution in [0, 0.1) is 6.92 Å². The Morgan fingerprint density at radius 3 is 2.53 bits per heavy atom. The van der Waals surface area contributed by atoms with Gasteiger partial charge in [0.25, 0.3) is 0 Å². The minimum atomic E-state index is 0.779. The molecule has 0 radical (unpaired) electrons. The Hall–Kier alpha value is -1.96. The van der Waals surface area contributed by atoms with Crippen LogP contribution < -0.4 is 10.1 Å². The predicted molar refractivity (Wildman–Crippen MR) is 80.7 cm³/mol. The van der Waals surface area contributed by atoms with Crippen LogP contribution in [0.4, 0.5) is 5.69 Å². The van der Waals surface area contributed by atoms with Gasteiger partial charge in [0.2, 0.25) is 0 Å². The average molecular weight is 255 g/mol. The molecule has 2 nitrogen and oxygen atoms in total. The molecule has 19 heavy (non-hydrogen) atoms. The molecule has 0 saturated heterocycles. The third kappa shape index (κ3) is 4.32. The Morgan fingerprint density at radius 1 is 1.05 bits per heavy atom. The molecule has 0 spiro atoms. The van der Waals surface area contributed by atoms with Crippen molar-refractivity contribution in [3.63, 3.8) is 0 Å². The maximum atomic E-state index is 5.57. The third-order valence-electron chi connectivity index (χ3n) is 2.91. The number of anilines is 1. The first kappa shape index (κ1) is 13.5. The van der Waals surface area contributed by atoms with E-state index in [0.717, 1.165) is 31.0 Å². The average Bonchev–Trinajstić information content (AvgIpc) is 2.44. The fourth-order valence-corrected chi connectivity index (χ4v) is 1.88. The summed E-state index contributed by atoms with van der Waals surface area (Å²) >= 11 is 0. The molecular formula is C17H21NO. The van der Waals surface area contributed by atoms with Crippen LogP contribution in [0.1, 0.15) is 24.5 Å². The van der Waals surface area contributed by atoms with E-state index in [1.165, 1.54) is 11.1 Å². The molecule has 2 aromatic carbocycles. The Bertz CT molecular complexity index is 505. The van der Waals surface area contributed by atoms with Crippen molar-refractivity contribution in [1.29, 1.82) is 0 Å². The van der Waals surface area contributed by atoms with Crippen LogP contribution >= 0.6 is 0 Å². The lowest BCUT2D eigenvalue weighted by molar-refractivity contribution is 0.317. The van der Waals surface area contributed by atoms with Gasteiger partial charge < -0.3 is 10.1 Å². The number of nitrogens with one attached hydrogen (secondary N) is 1. The van der Waals surface area contributed by atoms with Crippen molar-refractivity contribution in [1.82, 2.24) is 0 Å². The van der Waals surface area contributed by atoms with Gasteiger partial charge in [0, 0.05) is 12.2 Å². The lowest BCUT2D eigenvalue weighted by Gasteiger charge is -2.09. The lowest BCUT2D eigenvalue weighted by atomic mass is 10.2. The Balaban J connectivity index is 1.89. The molecular weight excluding hydrogens is 234 g/mol. The fraction of sp³-hybridized carbons (Fsp3) is 0.294. The number of ether oxygens (including phenoxy) is 1. The van der Waals surface area contributed by atoms with Gasteiger partial charge in [0.05, 0.1) is 6.61 Å². The van der Waals surface area contributed by atoms with Gasteiger partial charge in [-0.15, -0.1) is 0 Å². The molecule has 0 aromatic heterocycles. The van der Waals surface area contributed by atoms with Gasteiger partial charge in [-0.25, -0.2) is 0 Å². The summed E-state index contributed by atoms with van der Waals surface area (Å²) in [5.74, 6) is 0.946. The minimum absolute atomic E-state index is 0.779. The summed E-state index contributed by atoms with van der Waals surface area (Å²) < 4.78 is 5.57. The van der Waals surface area contributed by atoms with Crippen LogP contribution in [0.3, 0.4) is 0 Å². The monoisotopic (exact) mass is 255 g/mol. The molecule has 2 rings (SSSR count). The summed E-state index contributed by atoms with van der Waals surface area (Å²) in [6.45, 7) is 5.82. The van der Waals surface area contributed by atoms with E-state index in [9.17, 15) is 0 Å². The van der Waals surface area contributed by atoms with E-state index in [2.05, 4.69) is 55.6 Å². The highest BCUT2D eigenvalue weighted by Crippen LogP contribution is 2.15. The van der Waals surface area contributed by atoms with E-state index in [1.54, 1.807) is 0 Å². The highest BCUT2D eigenvalue weighted by Gasteiger charge is 1.96. The van der Waals surface area contributed by atoms with Crippen LogP contribution in [-0.2, 0) is 6.54 Å². The molecule has 0 amide bonds. The first-order valence-electron chi connectivity index (χ1n) is 6.80. The largest absolute Gasteiger partial charge is 0.494 e. The molecule has 2 aromatic rings. The maximum absolute atomic E-state index is 5.57. The highest BCUT2D eigenvalue weighted by atomic mass is 16.5. The molecule has 100 valence electrons. The van der Waals surface area contributed by atoms with Gasteiger partial charge >= 0.3 is 0 Å². The molecule has 0 atom stereocenters. The summed E-state index contributed by atoms with van der Waals surface area (Å²) in [5.41, 5.74) is 3.69. The van der Waals surface area contributed by atoms with Gasteiger partial charge in [-0.1, -0.05) is 31.2 Å². The van der Waals surface area contributed by atoms with Crippen LogP contribution in [-0.4, -0.2) is 6.61 Å². The van der Waals surface area contributed by atoms with Crippen molar-refractivity contribution in [2.75, 3.05) is 11.9 Å². The first-order valence-corrected chi connectivity index (χ1v) is 6.80. The number of hydrogen-bond acceptors (Lipinski definition) is 2. The molecule has 0 aliphatic heterocycles. The zero-order valence-electron chi connectivity index (χ0n) is 11.6. The Labute approximate surface area is 115 Å². The molecule has 0 aliphatic rings. The first-order chi connectivity index (χ1) is 9.28. The van der Waals surface area contributed by atoms with E-state index >= 15 is 0 Å². The zero-order valence-corrected chi connectivity index (χ0v) is 11.6. The van der Waals surface area contributed by atoms with Crippen molar-refractivity contribution >= 4 is 5.69 Å². The van der Waals surface area contributed by atoms with E-state index in [1.807, 2.05) is 12.1 Å². The normalized spacial score (nSPS) is 10.2. The van der Waals surface area contributed by atoms with Gasteiger partial charge in [-0.05, 0) is 48.7 Å². The Morgan fingerprint density at radius 2 is 1.84 bits per heavy atom. The Kier molecular flexibility index (Phi) is 4.85.